The van der Waals surface area contributed by atoms with Gasteiger partial charge in [0.1, 0.15) is 11.8 Å². The number of rotatable bonds is 3. The molecule has 2 aromatic rings. The van der Waals surface area contributed by atoms with Gasteiger partial charge in [0.05, 0.1) is 12.2 Å². The lowest BCUT2D eigenvalue weighted by Crippen LogP contribution is -2.44. The van der Waals surface area contributed by atoms with E-state index in [2.05, 4.69) is 41.5 Å². The first-order chi connectivity index (χ1) is 12.2. The van der Waals surface area contributed by atoms with Crippen LogP contribution in [0.5, 0.6) is 0 Å². The number of ether oxygens (including phenoxy) is 1. The molecule has 1 aromatic carbocycles. The van der Waals surface area contributed by atoms with E-state index in [1.807, 2.05) is 15.8 Å². The molecule has 25 heavy (non-hydrogen) atoms. The number of nitrogens with zero attached hydrogens (tertiary/aromatic N) is 4. The number of piperidine rings is 1. The van der Waals surface area contributed by atoms with Crippen LogP contribution in [0, 0.1) is 6.92 Å². The van der Waals surface area contributed by atoms with Crippen molar-refractivity contribution < 1.29 is 9.53 Å². The average molecular weight is 340 g/mol. The van der Waals surface area contributed by atoms with E-state index < -0.39 is 0 Å². The molecule has 0 saturated carbocycles. The number of amides is 1. The van der Waals surface area contributed by atoms with Gasteiger partial charge < -0.3 is 9.64 Å². The lowest BCUT2D eigenvalue weighted by Gasteiger charge is -2.33. The maximum Gasteiger partial charge on any atom is 0.251 e. The number of carbonyl (C=O) groups excluding carboxylic acids is 1. The summed E-state index contributed by atoms with van der Waals surface area (Å²) in [4.78, 5) is 14.4. The van der Waals surface area contributed by atoms with Crippen LogP contribution >= 0.6 is 0 Å². The zero-order chi connectivity index (χ0) is 17.2. The first-order valence-corrected chi connectivity index (χ1v) is 9.10. The van der Waals surface area contributed by atoms with Crippen molar-refractivity contribution in [3.8, 4) is 11.3 Å². The fraction of sp³-hybridized carbons (Fsp3) is 0.526. The molecule has 0 aliphatic carbocycles. The summed E-state index contributed by atoms with van der Waals surface area (Å²) < 4.78 is 7.48. The Morgan fingerprint density at radius 3 is 2.60 bits per heavy atom. The Kier molecular flexibility index (Phi) is 4.53. The summed E-state index contributed by atoms with van der Waals surface area (Å²) in [5, 5.41) is 8.65. The average Bonchev–Trinajstić information content (AvgIpc) is 3.34. The van der Waals surface area contributed by atoms with Crippen LogP contribution in [0.2, 0.25) is 0 Å². The molecule has 2 saturated heterocycles. The summed E-state index contributed by atoms with van der Waals surface area (Å²) in [7, 11) is 0. The number of aryl methyl sites for hydroxylation is 1. The van der Waals surface area contributed by atoms with Crippen molar-refractivity contribution in [2.45, 2.75) is 44.8 Å². The second-order valence-corrected chi connectivity index (χ2v) is 7.01. The number of aromatic nitrogens is 3. The van der Waals surface area contributed by atoms with E-state index in [-0.39, 0.29) is 12.0 Å². The second-order valence-electron chi connectivity index (χ2n) is 7.01. The highest BCUT2D eigenvalue weighted by atomic mass is 16.5. The number of benzene rings is 1. The molecular weight excluding hydrogens is 316 g/mol. The third-order valence-corrected chi connectivity index (χ3v) is 5.21. The molecule has 0 spiro atoms. The summed E-state index contributed by atoms with van der Waals surface area (Å²) in [6.45, 7) is 4.33. The van der Waals surface area contributed by atoms with Crippen LogP contribution in [0.1, 0.15) is 37.3 Å². The molecule has 132 valence electrons. The molecule has 2 aliphatic rings. The lowest BCUT2D eigenvalue weighted by molar-refractivity contribution is -0.142. The van der Waals surface area contributed by atoms with E-state index in [0.717, 1.165) is 50.0 Å². The van der Waals surface area contributed by atoms with Gasteiger partial charge in [-0.1, -0.05) is 35.0 Å². The standard InChI is InChI=1S/C19H24N4O2/c1-14-4-6-15(7-5-14)17-13-23(21-20-17)16-8-10-22(11-9-16)19(24)18-3-2-12-25-18/h4-7,13,16,18H,2-3,8-12H2,1H3/t18-/m1/s1. The van der Waals surface area contributed by atoms with Gasteiger partial charge in [-0.05, 0) is 32.6 Å². The highest BCUT2D eigenvalue weighted by Gasteiger charge is 2.31. The van der Waals surface area contributed by atoms with Gasteiger partial charge in [0.2, 0.25) is 0 Å². The Morgan fingerprint density at radius 1 is 1.16 bits per heavy atom. The Hall–Kier alpha value is -2.21. The van der Waals surface area contributed by atoms with Gasteiger partial charge in [0.25, 0.3) is 5.91 Å². The molecule has 1 amide bonds. The molecule has 0 unspecified atom stereocenters. The van der Waals surface area contributed by atoms with Crippen molar-refractivity contribution in [2.75, 3.05) is 19.7 Å². The van der Waals surface area contributed by atoms with Crippen molar-refractivity contribution >= 4 is 5.91 Å². The third kappa shape index (κ3) is 3.44. The van der Waals surface area contributed by atoms with Gasteiger partial charge >= 0.3 is 0 Å². The molecule has 4 rings (SSSR count). The zero-order valence-corrected chi connectivity index (χ0v) is 14.6. The molecule has 6 nitrogen and oxygen atoms in total. The van der Waals surface area contributed by atoms with Gasteiger partial charge in [-0.15, -0.1) is 5.10 Å². The van der Waals surface area contributed by atoms with Crippen molar-refractivity contribution in [3.63, 3.8) is 0 Å². The van der Waals surface area contributed by atoms with Gasteiger partial charge in [0, 0.05) is 25.3 Å². The molecule has 0 bridgehead atoms. The predicted octanol–water partition coefficient (Wildman–Crippen LogP) is 2.60. The molecule has 1 atom stereocenters. The van der Waals surface area contributed by atoms with E-state index in [0.29, 0.717) is 12.6 Å². The fourth-order valence-corrected chi connectivity index (χ4v) is 3.64. The summed E-state index contributed by atoms with van der Waals surface area (Å²) in [5.41, 5.74) is 3.22. The lowest BCUT2D eigenvalue weighted by atomic mass is 10.0. The highest BCUT2D eigenvalue weighted by molar-refractivity contribution is 5.81. The molecule has 6 heteroatoms. The van der Waals surface area contributed by atoms with Crippen LogP contribution < -0.4 is 0 Å². The topological polar surface area (TPSA) is 60.2 Å². The van der Waals surface area contributed by atoms with Gasteiger partial charge in [-0.25, -0.2) is 4.68 Å². The molecule has 2 fully saturated rings. The zero-order valence-electron chi connectivity index (χ0n) is 14.6. The third-order valence-electron chi connectivity index (χ3n) is 5.21. The molecule has 2 aliphatic heterocycles. The predicted molar refractivity (Wildman–Crippen MR) is 94.0 cm³/mol. The number of carbonyl (C=O) groups is 1. The van der Waals surface area contributed by atoms with E-state index >= 15 is 0 Å². The van der Waals surface area contributed by atoms with Crippen molar-refractivity contribution in [3.05, 3.63) is 36.0 Å². The highest BCUT2D eigenvalue weighted by Crippen LogP contribution is 2.26. The SMILES string of the molecule is Cc1ccc(-c2cn(C3CCN(C(=O)[C@H]4CCCO4)CC3)nn2)cc1. The smallest absolute Gasteiger partial charge is 0.251 e. The molecular formula is C19H24N4O2. The van der Waals surface area contributed by atoms with Gasteiger partial charge in [-0.2, -0.15) is 0 Å². The molecule has 0 radical (unpaired) electrons. The minimum absolute atomic E-state index is 0.162. The second kappa shape index (κ2) is 6.96. The van der Waals surface area contributed by atoms with Crippen molar-refractivity contribution in [1.29, 1.82) is 0 Å². The largest absolute Gasteiger partial charge is 0.368 e. The Balaban J connectivity index is 1.38. The molecule has 3 heterocycles. The van der Waals surface area contributed by atoms with Crippen LogP contribution in [-0.2, 0) is 9.53 Å². The van der Waals surface area contributed by atoms with Crippen LogP contribution in [0.3, 0.4) is 0 Å². The summed E-state index contributed by atoms with van der Waals surface area (Å²) in [5.74, 6) is 0.162. The van der Waals surface area contributed by atoms with E-state index in [1.54, 1.807) is 0 Å². The first-order valence-electron chi connectivity index (χ1n) is 9.10. The maximum absolute atomic E-state index is 12.4. The Bertz CT molecular complexity index is 726. The van der Waals surface area contributed by atoms with Crippen molar-refractivity contribution in [2.24, 2.45) is 0 Å². The number of likely N-dealkylation sites (tertiary alicyclic amines) is 1. The van der Waals surface area contributed by atoms with Gasteiger partial charge in [-0.3, -0.25) is 4.79 Å². The minimum atomic E-state index is -0.212. The van der Waals surface area contributed by atoms with E-state index in [4.69, 9.17) is 4.74 Å². The maximum atomic E-state index is 12.4. The quantitative estimate of drug-likeness (QED) is 0.862. The summed E-state index contributed by atoms with van der Waals surface area (Å²) in [6.07, 6.45) is 5.49. The molecule has 1 aromatic heterocycles. The van der Waals surface area contributed by atoms with E-state index in [9.17, 15) is 4.79 Å². The summed E-state index contributed by atoms with van der Waals surface area (Å²) >= 11 is 0. The number of hydrogen-bond donors (Lipinski definition) is 0. The Morgan fingerprint density at radius 2 is 1.92 bits per heavy atom. The van der Waals surface area contributed by atoms with Crippen LogP contribution in [0.15, 0.2) is 30.5 Å². The Labute approximate surface area is 147 Å². The number of hydrogen-bond acceptors (Lipinski definition) is 4. The molecule has 0 N–H and O–H groups in total. The fourth-order valence-electron chi connectivity index (χ4n) is 3.64. The van der Waals surface area contributed by atoms with Gasteiger partial charge in [0.15, 0.2) is 0 Å². The monoisotopic (exact) mass is 340 g/mol. The van der Waals surface area contributed by atoms with Crippen LogP contribution in [-0.4, -0.2) is 51.6 Å². The van der Waals surface area contributed by atoms with Crippen molar-refractivity contribution in [1.82, 2.24) is 19.9 Å². The first kappa shape index (κ1) is 16.3. The van der Waals surface area contributed by atoms with E-state index in [1.165, 1.54) is 5.56 Å². The van der Waals surface area contributed by atoms with Crippen LogP contribution in [0.4, 0.5) is 0 Å². The minimum Gasteiger partial charge on any atom is -0.368 e. The normalized spacial score (nSPS) is 21.6. The summed E-state index contributed by atoms with van der Waals surface area (Å²) in [6, 6.07) is 8.63. The van der Waals surface area contributed by atoms with Crippen LogP contribution in [0.25, 0.3) is 11.3 Å².